The van der Waals surface area contributed by atoms with Gasteiger partial charge in [-0.2, -0.15) is 0 Å². The molecular formula is C18H28N2O2. The van der Waals surface area contributed by atoms with Crippen molar-refractivity contribution >= 4 is 6.03 Å². The standard InChI is InChI=1S/C18H28N2O2/c1-15(2)13-22-12-6-11-19-17(21)20-14-18(9-10-18)16-7-4-3-5-8-16/h3-5,7-8,15H,6,9-14H2,1-2H3,(H2,19,20,21). The average molecular weight is 304 g/mol. The third-order valence-corrected chi connectivity index (χ3v) is 4.03. The lowest BCUT2D eigenvalue weighted by Crippen LogP contribution is -2.40. The molecule has 2 amide bonds. The van der Waals surface area contributed by atoms with Gasteiger partial charge in [-0.15, -0.1) is 0 Å². The molecule has 0 spiro atoms. The second-order valence-corrected chi connectivity index (χ2v) is 6.58. The Morgan fingerprint density at radius 1 is 1.23 bits per heavy atom. The lowest BCUT2D eigenvalue weighted by molar-refractivity contribution is 0.108. The zero-order valence-electron chi connectivity index (χ0n) is 13.7. The van der Waals surface area contributed by atoms with E-state index in [0.29, 0.717) is 25.6 Å². The van der Waals surface area contributed by atoms with Gasteiger partial charge >= 0.3 is 6.03 Å². The molecule has 0 atom stereocenters. The number of amides is 2. The number of carbonyl (C=O) groups excluding carboxylic acids is 1. The smallest absolute Gasteiger partial charge is 0.314 e. The molecule has 0 bridgehead atoms. The van der Waals surface area contributed by atoms with Crippen LogP contribution in [0, 0.1) is 5.92 Å². The highest BCUT2D eigenvalue weighted by Gasteiger charge is 2.44. The fourth-order valence-corrected chi connectivity index (χ4v) is 2.52. The Morgan fingerprint density at radius 3 is 2.59 bits per heavy atom. The fourth-order valence-electron chi connectivity index (χ4n) is 2.52. The van der Waals surface area contributed by atoms with E-state index in [-0.39, 0.29) is 11.4 Å². The predicted molar refractivity (Wildman–Crippen MR) is 89.0 cm³/mol. The molecule has 0 saturated heterocycles. The van der Waals surface area contributed by atoms with Crippen LogP contribution in [0.15, 0.2) is 30.3 Å². The number of benzene rings is 1. The summed E-state index contributed by atoms with van der Waals surface area (Å²) in [7, 11) is 0. The molecule has 2 rings (SSSR count). The summed E-state index contributed by atoms with van der Waals surface area (Å²) in [6, 6.07) is 10.4. The number of hydrogen-bond donors (Lipinski definition) is 2. The van der Waals surface area contributed by atoms with Gasteiger partial charge in [-0.25, -0.2) is 4.79 Å². The van der Waals surface area contributed by atoms with E-state index in [0.717, 1.165) is 25.9 Å². The normalized spacial score (nSPS) is 15.6. The van der Waals surface area contributed by atoms with E-state index in [1.54, 1.807) is 0 Å². The number of nitrogens with one attached hydrogen (secondary N) is 2. The van der Waals surface area contributed by atoms with Crippen LogP contribution in [-0.4, -0.2) is 32.3 Å². The number of urea groups is 1. The Kier molecular flexibility index (Phi) is 6.25. The summed E-state index contributed by atoms with van der Waals surface area (Å²) >= 11 is 0. The van der Waals surface area contributed by atoms with Crippen molar-refractivity contribution in [2.24, 2.45) is 5.92 Å². The van der Waals surface area contributed by atoms with Gasteiger partial charge in [0.1, 0.15) is 0 Å². The Morgan fingerprint density at radius 2 is 1.95 bits per heavy atom. The van der Waals surface area contributed by atoms with E-state index >= 15 is 0 Å². The fraction of sp³-hybridized carbons (Fsp3) is 0.611. The van der Waals surface area contributed by atoms with E-state index in [1.165, 1.54) is 5.56 Å². The first-order valence-electron chi connectivity index (χ1n) is 8.27. The van der Waals surface area contributed by atoms with Gasteiger partial charge in [0, 0.05) is 31.7 Å². The van der Waals surface area contributed by atoms with Crippen LogP contribution in [0.3, 0.4) is 0 Å². The van der Waals surface area contributed by atoms with Gasteiger partial charge in [0.15, 0.2) is 0 Å². The van der Waals surface area contributed by atoms with Crippen LogP contribution in [-0.2, 0) is 10.2 Å². The van der Waals surface area contributed by atoms with Crippen molar-refractivity contribution in [3.8, 4) is 0 Å². The van der Waals surface area contributed by atoms with Crippen LogP contribution in [0.25, 0.3) is 0 Å². The predicted octanol–water partition coefficient (Wildman–Crippen LogP) is 3.08. The molecule has 1 aliphatic rings. The van der Waals surface area contributed by atoms with Crippen LogP contribution >= 0.6 is 0 Å². The molecule has 0 unspecified atom stereocenters. The minimum Gasteiger partial charge on any atom is -0.381 e. The van der Waals surface area contributed by atoms with Crippen molar-refractivity contribution in [1.29, 1.82) is 0 Å². The molecule has 122 valence electrons. The van der Waals surface area contributed by atoms with E-state index in [4.69, 9.17) is 4.74 Å². The lowest BCUT2D eigenvalue weighted by Gasteiger charge is -2.17. The first-order valence-corrected chi connectivity index (χ1v) is 8.27. The van der Waals surface area contributed by atoms with Crippen molar-refractivity contribution in [2.75, 3.05) is 26.3 Å². The van der Waals surface area contributed by atoms with Gasteiger partial charge in [0.25, 0.3) is 0 Å². The second-order valence-electron chi connectivity index (χ2n) is 6.58. The number of rotatable bonds is 9. The maximum Gasteiger partial charge on any atom is 0.314 e. The van der Waals surface area contributed by atoms with Gasteiger partial charge in [-0.05, 0) is 30.7 Å². The first kappa shape index (κ1) is 16.8. The molecule has 1 aromatic carbocycles. The molecule has 2 N–H and O–H groups in total. The lowest BCUT2D eigenvalue weighted by atomic mass is 9.96. The monoisotopic (exact) mass is 304 g/mol. The maximum absolute atomic E-state index is 11.8. The minimum atomic E-state index is -0.0777. The quantitative estimate of drug-likeness (QED) is 0.689. The van der Waals surface area contributed by atoms with Crippen LogP contribution in [0.1, 0.15) is 38.7 Å². The van der Waals surface area contributed by atoms with Crippen molar-refractivity contribution in [1.82, 2.24) is 10.6 Å². The molecule has 0 aromatic heterocycles. The molecule has 0 radical (unpaired) electrons. The molecule has 1 fully saturated rings. The number of hydrogen-bond acceptors (Lipinski definition) is 2. The Balaban J connectivity index is 1.58. The summed E-state index contributed by atoms with van der Waals surface area (Å²) in [5.74, 6) is 0.559. The number of carbonyl (C=O) groups is 1. The molecule has 22 heavy (non-hydrogen) atoms. The molecule has 0 aliphatic heterocycles. The van der Waals surface area contributed by atoms with Gasteiger partial charge in [-0.1, -0.05) is 44.2 Å². The van der Waals surface area contributed by atoms with E-state index in [1.807, 2.05) is 6.07 Å². The van der Waals surface area contributed by atoms with E-state index < -0.39 is 0 Å². The molecule has 1 aliphatic carbocycles. The van der Waals surface area contributed by atoms with Gasteiger partial charge < -0.3 is 15.4 Å². The number of ether oxygens (including phenoxy) is 1. The highest BCUT2D eigenvalue weighted by molar-refractivity contribution is 5.74. The minimum absolute atomic E-state index is 0.0777. The zero-order valence-corrected chi connectivity index (χ0v) is 13.7. The van der Waals surface area contributed by atoms with Crippen LogP contribution in [0.2, 0.25) is 0 Å². The van der Waals surface area contributed by atoms with E-state index in [2.05, 4.69) is 48.7 Å². The van der Waals surface area contributed by atoms with Gasteiger partial charge in [-0.3, -0.25) is 0 Å². The zero-order chi connectivity index (χ0) is 15.8. The summed E-state index contributed by atoms with van der Waals surface area (Å²) in [6.07, 6.45) is 3.16. The molecule has 0 heterocycles. The second kappa shape index (κ2) is 8.18. The Bertz CT molecular complexity index is 455. The topological polar surface area (TPSA) is 50.4 Å². The highest BCUT2D eigenvalue weighted by atomic mass is 16.5. The Hall–Kier alpha value is -1.55. The maximum atomic E-state index is 11.8. The van der Waals surface area contributed by atoms with Crippen molar-refractivity contribution in [3.63, 3.8) is 0 Å². The molecule has 4 heteroatoms. The van der Waals surface area contributed by atoms with Crippen LogP contribution in [0.4, 0.5) is 4.79 Å². The molecule has 1 aromatic rings. The van der Waals surface area contributed by atoms with Crippen LogP contribution in [0.5, 0.6) is 0 Å². The van der Waals surface area contributed by atoms with Gasteiger partial charge in [0.05, 0.1) is 0 Å². The summed E-state index contributed by atoms with van der Waals surface area (Å²) < 4.78 is 5.49. The van der Waals surface area contributed by atoms with Crippen molar-refractivity contribution in [3.05, 3.63) is 35.9 Å². The molecule has 4 nitrogen and oxygen atoms in total. The third kappa shape index (κ3) is 5.34. The van der Waals surface area contributed by atoms with Crippen molar-refractivity contribution in [2.45, 2.75) is 38.5 Å². The summed E-state index contributed by atoms with van der Waals surface area (Å²) in [4.78, 5) is 11.8. The Labute approximate surface area is 133 Å². The van der Waals surface area contributed by atoms with Gasteiger partial charge in [0.2, 0.25) is 0 Å². The van der Waals surface area contributed by atoms with E-state index in [9.17, 15) is 4.79 Å². The highest BCUT2D eigenvalue weighted by Crippen LogP contribution is 2.47. The average Bonchev–Trinajstić information content (AvgIpc) is 3.30. The summed E-state index contributed by atoms with van der Waals surface area (Å²) in [5.41, 5.74) is 1.50. The SMILES string of the molecule is CC(C)COCCCNC(=O)NCC1(c2ccccc2)CC1. The first-order chi connectivity index (χ1) is 10.6. The molecular weight excluding hydrogens is 276 g/mol. The largest absolute Gasteiger partial charge is 0.381 e. The van der Waals surface area contributed by atoms with Crippen molar-refractivity contribution < 1.29 is 9.53 Å². The third-order valence-electron chi connectivity index (χ3n) is 4.03. The summed E-state index contributed by atoms with van der Waals surface area (Å²) in [6.45, 7) is 7.12. The molecule has 1 saturated carbocycles. The summed E-state index contributed by atoms with van der Waals surface area (Å²) in [5, 5.41) is 5.89. The van der Waals surface area contributed by atoms with Crippen LogP contribution < -0.4 is 10.6 Å².